The summed E-state index contributed by atoms with van der Waals surface area (Å²) in [5, 5.41) is 11.6. The summed E-state index contributed by atoms with van der Waals surface area (Å²) in [5.41, 5.74) is 0. The maximum absolute atomic E-state index is 12.0. The molecule has 2 atom stereocenters. The van der Waals surface area contributed by atoms with Crippen molar-refractivity contribution in [3.05, 3.63) is 0 Å². The Kier molecular flexibility index (Phi) is 5.79. The molecule has 0 radical (unpaired) electrons. The molecule has 2 N–H and O–H groups in total. The highest BCUT2D eigenvalue weighted by atomic mass is 16.5. The Hall–Kier alpha value is -1.14. The van der Waals surface area contributed by atoms with Crippen molar-refractivity contribution in [2.24, 2.45) is 5.92 Å². The van der Waals surface area contributed by atoms with Crippen LogP contribution in [0.3, 0.4) is 0 Å². The topological polar surface area (TPSA) is 84.9 Å². The zero-order valence-corrected chi connectivity index (χ0v) is 11.7. The van der Waals surface area contributed by atoms with Crippen molar-refractivity contribution >= 4 is 11.9 Å². The van der Waals surface area contributed by atoms with Crippen LogP contribution in [-0.2, 0) is 19.1 Å². The molecule has 1 saturated carbocycles. The second kappa shape index (κ2) is 7.59. The third kappa shape index (κ3) is 4.76. The van der Waals surface area contributed by atoms with Gasteiger partial charge < -0.3 is 19.9 Å². The fourth-order valence-corrected chi connectivity index (χ4v) is 2.96. The fraction of sp³-hybridized carbons (Fsp3) is 0.857. The number of hydrogen-bond donors (Lipinski definition) is 2. The molecule has 0 spiro atoms. The lowest BCUT2D eigenvalue weighted by Gasteiger charge is -2.32. The van der Waals surface area contributed by atoms with Crippen molar-refractivity contribution in [3.63, 3.8) is 0 Å². The highest BCUT2D eigenvalue weighted by Crippen LogP contribution is 2.27. The van der Waals surface area contributed by atoms with E-state index in [1.807, 2.05) is 0 Å². The van der Waals surface area contributed by atoms with Crippen LogP contribution in [-0.4, -0.2) is 48.9 Å². The van der Waals surface area contributed by atoms with Crippen LogP contribution in [0.15, 0.2) is 0 Å². The Balaban J connectivity index is 1.77. The minimum Gasteiger partial charge on any atom is -0.480 e. The normalized spacial score (nSPS) is 27.4. The summed E-state index contributed by atoms with van der Waals surface area (Å²) >= 11 is 0. The van der Waals surface area contributed by atoms with E-state index >= 15 is 0 Å². The van der Waals surface area contributed by atoms with E-state index in [9.17, 15) is 9.59 Å². The van der Waals surface area contributed by atoms with Gasteiger partial charge >= 0.3 is 5.97 Å². The molecule has 6 heteroatoms. The van der Waals surface area contributed by atoms with Crippen LogP contribution in [0.2, 0.25) is 0 Å². The van der Waals surface area contributed by atoms with E-state index in [1.165, 1.54) is 12.8 Å². The molecule has 114 valence electrons. The monoisotopic (exact) mass is 285 g/mol. The zero-order chi connectivity index (χ0) is 14.4. The summed E-state index contributed by atoms with van der Waals surface area (Å²) in [4.78, 5) is 22.6. The van der Waals surface area contributed by atoms with Crippen LogP contribution in [0.5, 0.6) is 0 Å². The minimum absolute atomic E-state index is 0.0488. The first-order chi connectivity index (χ1) is 9.65. The van der Waals surface area contributed by atoms with Crippen molar-refractivity contribution in [2.45, 2.75) is 50.7 Å². The number of hydrogen-bond acceptors (Lipinski definition) is 4. The highest BCUT2D eigenvalue weighted by molar-refractivity contribution is 5.76. The molecule has 6 nitrogen and oxygen atoms in total. The Morgan fingerprint density at radius 1 is 1.25 bits per heavy atom. The van der Waals surface area contributed by atoms with Crippen molar-refractivity contribution in [1.82, 2.24) is 5.32 Å². The molecule has 1 aliphatic heterocycles. The predicted octanol–water partition coefficient (Wildman–Crippen LogP) is 0.942. The average Bonchev–Trinajstić information content (AvgIpc) is 2.90. The first-order valence-electron chi connectivity index (χ1n) is 7.35. The van der Waals surface area contributed by atoms with Crippen molar-refractivity contribution < 1.29 is 24.2 Å². The standard InChI is InChI=1S/C14H23NO5/c16-13(7-10-3-1-2-4-10)15-11-5-6-19-8-12(11)20-9-14(17)18/h10-12H,1-9H2,(H,15,16)(H,17,18)/t11-,12-/m1/s1. The molecule has 0 unspecified atom stereocenters. The van der Waals surface area contributed by atoms with Gasteiger partial charge in [-0.1, -0.05) is 12.8 Å². The minimum atomic E-state index is -1.01. The molecule has 1 amide bonds. The molecule has 0 aromatic rings. The van der Waals surface area contributed by atoms with Crippen molar-refractivity contribution in [1.29, 1.82) is 0 Å². The summed E-state index contributed by atoms with van der Waals surface area (Å²) in [6, 6.07) is -0.142. The van der Waals surface area contributed by atoms with Gasteiger partial charge in [-0.15, -0.1) is 0 Å². The molecule has 2 fully saturated rings. The van der Waals surface area contributed by atoms with Gasteiger partial charge in [-0.05, 0) is 25.2 Å². The lowest BCUT2D eigenvalue weighted by molar-refractivity contribution is -0.149. The van der Waals surface area contributed by atoms with Gasteiger partial charge in [0, 0.05) is 13.0 Å². The molecule has 2 rings (SSSR count). The van der Waals surface area contributed by atoms with E-state index in [0.29, 0.717) is 32.0 Å². The van der Waals surface area contributed by atoms with E-state index < -0.39 is 5.97 Å². The van der Waals surface area contributed by atoms with Gasteiger partial charge in [0.2, 0.25) is 5.91 Å². The van der Waals surface area contributed by atoms with Crippen LogP contribution < -0.4 is 5.32 Å². The van der Waals surface area contributed by atoms with Crippen LogP contribution in [0.4, 0.5) is 0 Å². The molecular weight excluding hydrogens is 262 g/mol. The largest absolute Gasteiger partial charge is 0.480 e. The summed E-state index contributed by atoms with van der Waals surface area (Å²) in [5.74, 6) is -0.451. The SMILES string of the molecule is O=C(O)CO[C@@H]1COCC[C@H]1NC(=O)CC1CCCC1. The number of carboxylic acids is 1. The number of rotatable bonds is 6. The predicted molar refractivity (Wildman–Crippen MR) is 71.3 cm³/mol. The molecular formula is C14H23NO5. The van der Waals surface area contributed by atoms with Gasteiger partial charge in [-0.2, -0.15) is 0 Å². The maximum Gasteiger partial charge on any atom is 0.329 e. The molecule has 0 aromatic carbocycles. The summed E-state index contributed by atoms with van der Waals surface area (Å²) in [7, 11) is 0. The molecule has 1 aliphatic carbocycles. The Labute approximate surface area is 118 Å². The van der Waals surface area contributed by atoms with Crippen LogP contribution >= 0.6 is 0 Å². The quantitative estimate of drug-likeness (QED) is 0.758. The van der Waals surface area contributed by atoms with Gasteiger partial charge in [0.25, 0.3) is 0 Å². The van der Waals surface area contributed by atoms with E-state index in [4.69, 9.17) is 14.6 Å². The number of aliphatic carboxylic acids is 1. The van der Waals surface area contributed by atoms with Crippen LogP contribution in [0.1, 0.15) is 38.5 Å². The number of carbonyl (C=O) groups is 2. The number of carboxylic acid groups (broad SMARTS) is 1. The molecule has 20 heavy (non-hydrogen) atoms. The molecule has 1 heterocycles. The van der Waals surface area contributed by atoms with Gasteiger partial charge in [0.15, 0.2) is 0 Å². The van der Waals surface area contributed by atoms with Crippen molar-refractivity contribution in [3.8, 4) is 0 Å². The fourth-order valence-electron chi connectivity index (χ4n) is 2.96. The first-order valence-corrected chi connectivity index (χ1v) is 7.35. The van der Waals surface area contributed by atoms with E-state index in [2.05, 4.69) is 5.32 Å². The lowest BCUT2D eigenvalue weighted by Crippen LogP contribution is -2.50. The first kappa shape index (κ1) is 15.3. The molecule has 2 aliphatic rings. The Bertz CT molecular complexity index is 340. The average molecular weight is 285 g/mol. The summed E-state index contributed by atoms with van der Waals surface area (Å²) < 4.78 is 10.6. The lowest BCUT2D eigenvalue weighted by atomic mass is 10.0. The van der Waals surface area contributed by atoms with E-state index in [-0.39, 0.29) is 24.7 Å². The second-order valence-corrected chi connectivity index (χ2v) is 5.64. The maximum atomic E-state index is 12.0. The third-order valence-corrected chi connectivity index (χ3v) is 4.02. The second-order valence-electron chi connectivity index (χ2n) is 5.64. The van der Waals surface area contributed by atoms with E-state index in [0.717, 1.165) is 12.8 Å². The van der Waals surface area contributed by atoms with Gasteiger partial charge in [0.1, 0.15) is 12.7 Å². The highest BCUT2D eigenvalue weighted by Gasteiger charge is 2.29. The smallest absolute Gasteiger partial charge is 0.329 e. The Morgan fingerprint density at radius 3 is 2.70 bits per heavy atom. The zero-order valence-electron chi connectivity index (χ0n) is 11.7. The Morgan fingerprint density at radius 2 is 2.00 bits per heavy atom. The van der Waals surface area contributed by atoms with Gasteiger partial charge in [0.05, 0.1) is 12.6 Å². The van der Waals surface area contributed by atoms with Gasteiger partial charge in [-0.25, -0.2) is 4.79 Å². The van der Waals surface area contributed by atoms with E-state index in [1.54, 1.807) is 0 Å². The number of amides is 1. The molecule has 1 saturated heterocycles. The summed E-state index contributed by atoms with van der Waals surface area (Å²) in [6.07, 6.45) is 5.59. The summed E-state index contributed by atoms with van der Waals surface area (Å²) in [6.45, 7) is 0.548. The van der Waals surface area contributed by atoms with Crippen molar-refractivity contribution in [2.75, 3.05) is 19.8 Å². The number of carbonyl (C=O) groups excluding carboxylic acids is 1. The van der Waals surface area contributed by atoms with Crippen LogP contribution in [0, 0.1) is 5.92 Å². The molecule has 0 bridgehead atoms. The number of ether oxygens (including phenoxy) is 2. The number of nitrogens with one attached hydrogen (secondary N) is 1. The third-order valence-electron chi connectivity index (χ3n) is 4.02. The molecule has 0 aromatic heterocycles. The van der Waals surface area contributed by atoms with Crippen LogP contribution in [0.25, 0.3) is 0 Å². The van der Waals surface area contributed by atoms with Gasteiger partial charge in [-0.3, -0.25) is 4.79 Å².